The molecule has 1 nitrogen and oxygen atoms in total. The van der Waals surface area contributed by atoms with Crippen molar-refractivity contribution in [1.29, 1.82) is 0 Å². The maximum atomic E-state index is 14.8. The lowest BCUT2D eigenvalue weighted by Gasteiger charge is -2.39. The standard InChI is InChI=1S/C29H37F7O/c1-18-2-4-19(5-3-18)6-7-20-8-10-21(11-9-20)22-12-14-23(15-13-22)29(35,36)37-24-16-25(30)27(26(31)17-24)28(32,33)34/h6-7,16-23H,2-5,8-15H2,1H3/b7-6+. The first kappa shape index (κ1) is 28.3. The van der Waals surface area contributed by atoms with Gasteiger partial charge in [-0.1, -0.05) is 31.9 Å². The molecule has 0 amide bonds. The van der Waals surface area contributed by atoms with Crippen LogP contribution in [0.25, 0.3) is 0 Å². The third-order valence-corrected chi connectivity index (χ3v) is 9.00. The normalized spacial score (nSPS) is 32.0. The highest BCUT2D eigenvalue weighted by Gasteiger charge is 2.46. The van der Waals surface area contributed by atoms with Crippen molar-refractivity contribution in [2.45, 2.75) is 96.3 Å². The van der Waals surface area contributed by atoms with Crippen LogP contribution in [0.3, 0.4) is 0 Å². The summed E-state index contributed by atoms with van der Waals surface area (Å²) < 4.78 is 99.9. The molecule has 0 aromatic heterocycles. The molecule has 0 aliphatic heterocycles. The van der Waals surface area contributed by atoms with Crippen LogP contribution in [0.4, 0.5) is 30.7 Å². The largest absolute Gasteiger partial charge is 0.432 e. The Labute approximate surface area is 214 Å². The molecule has 0 spiro atoms. The Hall–Kier alpha value is -1.73. The fourth-order valence-electron chi connectivity index (χ4n) is 6.65. The molecule has 8 heteroatoms. The van der Waals surface area contributed by atoms with Gasteiger partial charge in [0.2, 0.25) is 0 Å². The van der Waals surface area contributed by atoms with Crippen molar-refractivity contribution < 1.29 is 35.5 Å². The van der Waals surface area contributed by atoms with Gasteiger partial charge >= 0.3 is 12.3 Å². The Balaban J connectivity index is 1.24. The maximum absolute atomic E-state index is 14.8. The Morgan fingerprint density at radius 1 is 0.676 bits per heavy atom. The molecule has 3 aliphatic carbocycles. The van der Waals surface area contributed by atoms with Gasteiger partial charge in [-0.25, -0.2) is 8.78 Å². The number of benzene rings is 1. The van der Waals surface area contributed by atoms with Crippen LogP contribution in [0.1, 0.15) is 89.5 Å². The van der Waals surface area contributed by atoms with Crippen molar-refractivity contribution in [1.82, 2.24) is 0 Å². The molecule has 4 rings (SSSR count). The van der Waals surface area contributed by atoms with E-state index in [9.17, 15) is 30.7 Å². The van der Waals surface area contributed by atoms with Gasteiger partial charge in [-0.15, -0.1) is 0 Å². The minimum atomic E-state index is -5.27. The van der Waals surface area contributed by atoms with Gasteiger partial charge in [0.05, 0.1) is 5.92 Å². The predicted octanol–water partition coefficient (Wildman–Crippen LogP) is 9.95. The molecular formula is C29H37F7O. The number of hydrogen-bond acceptors (Lipinski definition) is 1. The lowest BCUT2D eigenvalue weighted by atomic mass is 9.69. The molecule has 0 N–H and O–H groups in total. The summed E-state index contributed by atoms with van der Waals surface area (Å²) in [6, 6.07) is 0.347. The van der Waals surface area contributed by atoms with E-state index in [4.69, 9.17) is 0 Å². The molecule has 0 unspecified atom stereocenters. The third kappa shape index (κ3) is 7.23. The average molecular weight is 535 g/mol. The summed E-state index contributed by atoms with van der Waals surface area (Å²) in [6.07, 6.45) is 7.20. The van der Waals surface area contributed by atoms with E-state index in [0.29, 0.717) is 36.5 Å². The van der Waals surface area contributed by atoms with Gasteiger partial charge in [0.1, 0.15) is 22.9 Å². The molecule has 3 fully saturated rings. The van der Waals surface area contributed by atoms with Crippen LogP contribution in [-0.4, -0.2) is 6.11 Å². The number of ether oxygens (including phenoxy) is 1. The molecule has 0 heterocycles. The van der Waals surface area contributed by atoms with E-state index in [1.54, 1.807) is 0 Å². The van der Waals surface area contributed by atoms with Crippen molar-refractivity contribution in [3.8, 4) is 5.75 Å². The number of hydrogen-bond donors (Lipinski definition) is 0. The Bertz CT molecular complexity index is 894. The molecule has 37 heavy (non-hydrogen) atoms. The fourth-order valence-corrected chi connectivity index (χ4v) is 6.65. The van der Waals surface area contributed by atoms with Gasteiger partial charge in [-0.3, -0.25) is 0 Å². The van der Waals surface area contributed by atoms with E-state index >= 15 is 0 Å². The second kappa shape index (κ2) is 11.6. The highest BCUT2D eigenvalue weighted by atomic mass is 19.4. The first-order valence-electron chi connectivity index (χ1n) is 13.7. The van der Waals surface area contributed by atoms with E-state index in [1.807, 2.05) is 0 Å². The Morgan fingerprint density at radius 3 is 1.57 bits per heavy atom. The van der Waals surface area contributed by atoms with Gasteiger partial charge in [0, 0.05) is 12.1 Å². The second-order valence-corrected chi connectivity index (χ2v) is 11.6. The monoisotopic (exact) mass is 534 g/mol. The molecule has 0 saturated heterocycles. The zero-order chi connectivity index (χ0) is 26.8. The van der Waals surface area contributed by atoms with E-state index in [2.05, 4.69) is 23.8 Å². The maximum Gasteiger partial charge on any atom is 0.422 e. The second-order valence-electron chi connectivity index (χ2n) is 11.6. The third-order valence-electron chi connectivity index (χ3n) is 9.00. The molecule has 3 aliphatic rings. The van der Waals surface area contributed by atoms with Gasteiger partial charge in [0.15, 0.2) is 0 Å². The van der Waals surface area contributed by atoms with Crippen LogP contribution in [0.15, 0.2) is 24.3 Å². The minimum absolute atomic E-state index is 0.174. The highest BCUT2D eigenvalue weighted by molar-refractivity contribution is 5.32. The smallest absolute Gasteiger partial charge is 0.422 e. The fraction of sp³-hybridized carbons (Fsp3) is 0.724. The van der Waals surface area contributed by atoms with E-state index in [0.717, 1.165) is 31.6 Å². The Morgan fingerprint density at radius 2 is 1.11 bits per heavy atom. The zero-order valence-electron chi connectivity index (χ0n) is 21.3. The lowest BCUT2D eigenvalue weighted by Crippen LogP contribution is -2.38. The molecule has 3 saturated carbocycles. The van der Waals surface area contributed by atoms with Crippen molar-refractivity contribution in [2.75, 3.05) is 0 Å². The SMILES string of the molecule is CC1CCC(/C=C/C2CCC(C3CCC(C(F)(F)Oc4cc(F)c(C(F)(F)F)c(F)c4)CC3)CC2)CC1. The summed E-state index contributed by atoms with van der Waals surface area (Å²) in [6.45, 7) is 2.32. The minimum Gasteiger partial charge on any atom is -0.432 e. The first-order valence-corrected chi connectivity index (χ1v) is 13.7. The molecule has 0 bridgehead atoms. The molecule has 208 valence electrons. The number of rotatable bonds is 6. The van der Waals surface area contributed by atoms with E-state index in [1.165, 1.54) is 25.7 Å². The molecule has 0 atom stereocenters. The summed E-state index contributed by atoms with van der Waals surface area (Å²) in [7, 11) is 0. The molecule has 0 radical (unpaired) electrons. The number of halogens is 7. The van der Waals surface area contributed by atoms with Crippen molar-refractivity contribution in [2.24, 2.45) is 35.5 Å². The van der Waals surface area contributed by atoms with Gasteiger partial charge in [0.25, 0.3) is 0 Å². The van der Waals surface area contributed by atoms with Crippen LogP contribution >= 0.6 is 0 Å². The van der Waals surface area contributed by atoms with Crippen LogP contribution < -0.4 is 4.74 Å². The van der Waals surface area contributed by atoms with Gasteiger partial charge in [-0.2, -0.15) is 22.0 Å². The summed E-state index contributed by atoms with van der Waals surface area (Å²) in [5.74, 6) is -2.97. The zero-order valence-corrected chi connectivity index (χ0v) is 21.3. The highest BCUT2D eigenvalue weighted by Crippen LogP contribution is 2.46. The van der Waals surface area contributed by atoms with Crippen LogP contribution in [0, 0.1) is 47.1 Å². The van der Waals surface area contributed by atoms with Crippen LogP contribution in [0.5, 0.6) is 5.75 Å². The van der Waals surface area contributed by atoms with E-state index < -0.39 is 41.2 Å². The summed E-state index contributed by atoms with van der Waals surface area (Å²) in [5.41, 5.74) is -2.11. The van der Waals surface area contributed by atoms with Crippen molar-refractivity contribution in [3.05, 3.63) is 41.5 Å². The van der Waals surface area contributed by atoms with Gasteiger partial charge in [-0.05, 0) is 93.8 Å². The molecular weight excluding hydrogens is 497 g/mol. The average Bonchev–Trinajstić information content (AvgIpc) is 2.82. The van der Waals surface area contributed by atoms with Crippen molar-refractivity contribution in [3.63, 3.8) is 0 Å². The quantitative estimate of drug-likeness (QED) is 0.261. The lowest BCUT2D eigenvalue weighted by molar-refractivity contribution is -0.224. The summed E-state index contributed by atoms with van der Waals surface area (Å²) in [4.78, 5) is 0. The molecule has 1 aromatic rings. The Kier molecular flexibility index (Phi) is 8.84. The van der Waals surface area contributed by atoms with Gasteiger partial charge < -0.3 is 4.74 Å². The van der Waals surface area contributed by atoms with Crippen LogP contribution in [0.2, 0.25) is 0 Å². The van der Waals surface area contributed by atoms with Crippen LogP contribution in [-0.2, 0) is 6.18 Å². The summed E-state index contributed by atoms with van der Waals surface area (Å²) >= 11 is 0. The topological polar surface area (TPSA) is 9.23 Å². The number of alkyl halides is 5. The van der Waals surface area contributed by atoms with Crippen molar-refractivity contribution >= 4 is 0 Å². The van der Waals surface area contributed by atoms with E-state index in [-0.39, 0.29) is 25.0 Å². The molecule has 1 aromatic carbocycles. The first-order chi connectivity index (χ1) is 17.4. The predicted molar refractivity (Wildman–Crippen MR) is 128 cm³/mol. The summed E-state index contributed by atoms with van der Waals surface area (Å²) in [5, 5.41) is 0. The number of allylic oxidation sites excluding steroid dienone is 2.